The summed E-state index contributed by atoms with van der Waals surface area (Å²) in [6.07, 6.45) is 0.925. The van der Waals surface area contributed by atoms with Gasteiger partial charge in [-0.3, -0.25) is 9.59 Å². The number of methoxy groups -OCH3 is 1. The summed E-state index contributed by atoms with van der Waals surface area (Å²) < 4.78 is 4.75. The molecule has 0 aromatic heterocycles. The predicted molar refractivity (Wildman–Crippen MR) is 85.0 cm³/mol. The number of esters is 1. The van der Waals surface area contributed by atoms with Crippen molar-refractivity contribution in [1.82, 2.24) is 9.80 Å². The Morgan fingerprint density at radius 3 is 2.05 bits per heavy atom. The second kappa shape index (κ2) is 10.6. The summed E-state index contributed by atoms with van der Waals surface area (Å²) in [5.41, 5.74) is 0. The van der Waals surface area contributed by atoms with Gasteiger partial charge in [0.15, 0.2) is 0 Å². The fourth-order valence-corrected chi connectivity index (χ4v) is 2.29. The van der Waals surface area contributed by atoms with Crippen molar-refractivity contribution in [1.29, 1.82) is 0 Å². The zero-order chi connectivity index (χ0) is 16.4. The lowest BCUT2D eigenvalue weighted by Crippen LogP contribution is -2.41. The van der Waals surface area contributed by atoms with E-state index in [9.17, 15) is 9.59 Å². The first-order valence-electron chi connectivity index (χ1n) is 7.96. The van der Waals surface area contributed by atoms with Crippen LogP contribution >= 0.6 is 0 Å². The van der Waals surface area contributed by atoms with E-state index in [4.69, 9.17) is 4.74 Å². The van der Waals surface area contributed by atoms with E-state index in [0.29, 0.717) is 13.1 Å². The Bertz CT molecular complexity index is 315. The SMILES string of the molecule is CCN(CC)CCCN(CC(C)C(=O)OC)C(=O)C(C)C. The molecule has 1 unspecified atom stereocenters. The van der Waals surface area contributed by atoms with Crippen molar-refractivity contribution in [2.45, 2.75) is 41.0 Å². The van der Waals surface area contributed by atoms with Crippen LogP contribution in [-0.4, -0.2) is 61.5 Å². The molecule has 0 heterocycles. The Morgan fingerprint density at radius 2 is 1.62 bits per heavy atom. The lowest BCUT2D eigenvalue weighted by atomic mass is 10.1. The molecule has 0 N–H and O–H groups in total. The standard InChI is InChI=1S/C16H32N2O3/c1-7-17(8-2)10-9-11-18(15(19)13(3)4)12-14(5)16(20)21-6/h13-14H,7-12H2,1-6H3. The number of amides is 1. The highest BCUT2D eigenvalue weighted by Gasteiger charge is 2.23. The molecule has 0 fully saturated rings. The van der Waals surface area contributed by atoms with Crippen molar-refractivity contribution in [3.05, 3.63) is 0 Å². The summed E-state index contributed by atoms with van der Waals surface area (Å²) in [7, 11) is 1.38. The summed E-state index contributed by atoms with van der Waals surface area (Å²) in [6, 6.07) is 0. The highest BCUT2D eigenvalue weighted by Crippen LogP contribution is 2.09. The van der Waals surface area contributed by atoms with Crippen molar-refractivity contribution in [2.75, 3.05) is 39.8 Å². The molecule has 0 aliphatic rings. The molecule has 0 rings (SSSR count). The number of nitrogens with zero attached hydrogens (tertiary/aromatic N) is 2. The first-order valence-corrected chi connectivity index (χ1v) is 7.96. The predicted octanol–water partition coefficient (Wildman–Crippen LogP) is 2.01. The van der Waals surface area contributed by atoms with Crippen LogP contribution in [0.3, 0.4) is 0 Å². The Balaban J connectivity index is 4.54. The summed E-state index contributed by atoms with van der Waals surface area (Å²) >= 11 is 0. The number of carbonyl (C=O) groups is 2. The van der Waals surface area contributed by atoms with Gasteiger partial charge in [0.05, 0.1) is 13.0 Å². The van der Waals surface area contributed by atoms with Gasteiger partial charge in [0.2, 0.25) is 5.91 Å². The number of ether oxygens (including phenoxy) is 1. The van der Waals surface area contributed by atoms with Crippen LogP contribution in [0, 0.1) is 11.8 Å². The Morgan fingerprint density at radius 1 is 1.05 bits per heavy atom. The van der Waals surface area contributed by atoms with E-state index in [1.807, 2.05) is 13.8 Å². The highest BCUT2D eigenvalue weighted by molar-refractivity contribution is 5.79. The van der Waals surface area contributed by atoms with Crippen LogP contribution in [-0.2, 0) is 14.3 Å². The smallest absolute Gasteiger partial charge is 0.310 e. The fourth-order valence-electron chi connectivity index (χ4n) is 2.29. The molecule has 0 aliphatic heterocycles. The number of carbonyl (C=O) groups excluding carboxylic acids is 2. The molecule has 21 heavy (non-hydrogen) atoms. The molecule has 124 valence electrons. The first kappa shape index (κ1) is 19.9. The van der Waals surface area contributed by atoms with Crippen LogP contribution in [0.2, 0.25) is 0 Å². The van der Waals surface area contributed by atoms with Gasteiger partial charge in [-0.25, -0.2) is 0 Å². The quantitative estimate of drug-likeness (QED) is 0.579. The van der Waals surface area contributed by atoms with E-state index in [-0.39, 0.29) is 23.7 Å². The number of hydrogen-bond donors (Lipinski definition) is 0. The Labute approximate surface area is 129 Å². The second-order valence-corrected chi connectivity index (χ2v) is 5.74. The van der Waals surface area contributed by atoms with E-state index in [0.717, 1.165) is 26.1 Å². The average Bonchev–Trinajstić information content (AvgIpc) is 2.48. The van der Waals surface area contributed by atoms with Gasteiger partial charge in [0.25, 0.3) is 0 Å². The van der Waals surface area contributed by atoms with Crippen LogP contribution in [0.25, 0.3) is 0 Å². The van der Waals surface area contributed by atoms with Crippen LogP contribution < -0.4 is 0 Å². The molecule has 0 aromatic rings. The molecule has 5 heteroatoms. The molecular weight excluding hydrogens is 268 g/mol. The van der Waals surface area contributed by atoms with E-state index in [1.54, 1.807) is 11.8 Å². The van der Waals surface area contributed by atoms with Gasteiger partial charge in [-0.1, -0.05) is 34.6 Å². The first-order chi connectivity index (χ1) is 9.87. The molecule has 0 spiro atoms. The summed E-state index contributed by atoms with van der Waals surface area (Å²) in [5.74, 6) is -0.500. The normalized spacial score (nSPS) is 12.6. The minimum Gasteiger partial charge on any atom is -0.469 e. The third kappa shape index (κ3) is 7.46. The Kier molecular flexibility index (Phi) is 10.0. The van der Waals surface area contributed by atoms with Crippen molar-refractivity contribution in [2.24, 2.45) is 11.8 Å². The van der Waals surface area contributed by atoms with E-state index >= 15 is 0 Å². The largest absolute Gasteiger partial charge is 0.469 e. The van der Waals surface area contributed by atoms with Gasteiger partial charge < -0.3 is 14.5 Å². The molecule has 0 aliphatic carbocycles. The fraction of sp³-hybridized carbons (Fsp3) is 0.875. The Hall–Kier alpha value is -1.10. The third-order valence-corrected chi connectivity index (χ3v) is 3.70. The zero-order valence-electron chi connectivity index (χ0n) is 14.5. The molecule has 0 aromatic carbocycles. The van der Waals surface area contributed by atoms with Crippen LogP contribution in [0.15, 0.2) is 0 Å². The van der Waals surface area contributed by atoms with Gasteiger partial charge in [-0.2, -0.15) is 0 Å². The molecule has 0 radical (unpaired) electrons. The van der Waals surface area contributed by atoms with Crippen molar-refractivity contribution in [3.8, 4) is 0 Å². The molecule has 0 saturated carbocycles. The summed E-state index contributed by atoms with van der Waals surface area (Å²) in [5, 5.41) is 0. The van der Waals surface area contributed by atoms with E-state index in [2.05, 4.69) is 18.7 Å². The lowest BCUT2D eigenvalue weighted by molar-refractivity contribution is -0.146. The second-order valence-electron chi connectivity index (χ2n) is 5.74. The zero-order valence-corrected chi connectivity index (χ0v) is 14.5. The van der Waals surface area contributed by atoms with Crippen molar-refractivity contribution < 1.29 is 14.3 Å². The minimum atomic E-state index is -0.286. The third-order valence-electron chi connectivity index (χ3n) is 3.70. The molecule has 0 saturated heterocycles. The number of rotatable bonds is 10. The highest BCUT2D eigenvalue weighted by atomic mass is 16.5. The van der Waals surface area contributed by atoms with Gasteiger partial charge in [0.1, 0.15) is 0 Å². The maximum Gasteiger partial charge on any atom is 0.310 e. The maximum absolute atomic E-state index is 12.3. The van der Waals surface area contributed by atoms with Crippen LogP contribution in [0.5, 0.6) is 0 Å². The monoisotopic (exact) mass is 300 g/mol. The average molecular weight is 300 g/mol. The summed E-state index contributed by atoms with van der Waals surface area (Å²) in [4.78, 5) is 27.9. The van der Waals surface area contributed by atoms with E-state index in [1.165, 1.54) is 7.11 Å². The van der Waals surface area contributed by atoms with Gasteiger partial charge in [-0.05, 0) is 26.1 Å². The minimum absolute atomic E-state index is 0.0525. The molecule has 5 nitrogen and oxygen atoms in total. The van der Waals surface area contributed by atoms with Crippen LogP contribution in [0.4, 0.5) is 0 Å². The molecule has 0 bridgehead atoms. The molecule has 1 atom stereocenters. The number of hydrogen-bond acceptors (Lipinski definition) is 4. The van der Waals surface area contributed by atoms with Gasteiger partial charge >= 0.3 is 5.97 Å². The van der Waals surface area contributed by atoms with Crippen molar-refractivity contribution in [3.63, 3.8) is 0 Å². The van der Waals surface area contributed by atoms with Crippen molar-refractivity contribution >= 4 is 11.9 Å². The van der Waals surface area contributed by atoms with Gasteiger partial charge in [-0.15, -0.1) is 0 Å². The molecule has 1 amide bonds. The lowest BCUT2D eigenvalue weighted by Gasteiger charge is -2.28. The van der Waals surface area contributed by atoms with E-state index < -0.39 is 0 Å². The van der Waals surface area contributed by atoms with Gasteiger partial charge in [0, 0.05) is 19.0 Å². The van der Waals surface area contributed by atoms with Crippen LogP contribution in [0.1, 0.15) is 41.0 Å². The maximum atomic E-state index is 12.3. The molecular formula is C16H32N2O3. The topological polar surface area (TPSA) is 49.9 Å². The summed E-state index contributed by atoms with van der Waals surface area (Å²) in [6.45, 7) is 14.0.